The summed E-state index contributed by atoms with van der Waals surface area (Å²) in [6.45, 7) is 2.36. The Morgan fingerprint density at radius 2 is 2.27 bits per heavy atom. The first kappa shape index (κ1) is 8.28. The average molecular weight is 202 g/mol. The molecule has 76 valence electrons. The number of nitrogen functional groups attached to an aromatic ring is 1. The highest BCUT2D eigenvalue weighted by molar-refractivity contribution is 5.57. The van der Waals surface area contributed by atoms with E-state index in [1.807, 2.05) is 29.7 Å². The van der Waals surface area contributed by atoms with E-state index in [4.69, 9.17) is 10.5 Å². The molecule has 1 aromatic heterocycles. The van der Waals surface area contributed by atoms with E-state index in [2.05, 4.69) is 10.2 Å². The van der Waals surface area contributed by atoms with Crippen LogP contribution < -0.4 is 10.5 Å². The first-order valence-electron chi connectivity index (χ1n) is 4.69. The Labute approximate surface area is 86.5 Å². The Balaban J connectivity index is 2.29. The third kappa shape index (κ3) is 1.09. The lowest BCUT2D eigenvalue weighted by atomic mass is 10.2. The Hall–Kier alpha value is -2.04. The van der Waals surface area contributed by atoms with Gasteiger partial charge in [0.1, 0.15) is 18.2 Å². The Kier molecular flexibility index (Phi) is 1.50. The monoisotopic (exact) mass is 202 g/mol. The van der Waals surface area contributed by atoms with Crippen molar-refractivity contribution in [2.75, 3.05) is 5.73 Å². The zero-order valence-electron chi connectivity index (χ0n) is 8.27. The summed E-state index contributed by atoms with van der Waals surface area (Å²) in [6.07, 6.45) is 0. The van der Waals surface area contributed by atoms with Crippen molar-refractivity contribution in [2.24, 2.45) is 0 Å². The minimum atomic E-state index is 0.442. The zero-order chi connectivity index (χ0) is 10.4. The molecule has 2 aromatic rings. The van der Waals surface area contributed by atoms with Crippen LogP contribution in [-0.2, 0) is 6.61 Å². The summed E-state index contributed by atoms with van der Waals surface area (Å²) in [7, 11) is 0. The summed E-state index contributed by atoms with van der Waals surface area (Å²) in [4.78, 5) is 0. The van der Waals surface area contributed by atoms with E-state index < -0.39 is 0 Å². The highest BCUT2D eigenvalue weighted by Gasteiger charge is 2.20. The molecule has 0 saturated carbocycles. The molecule has 3 rings (SSSR count). The lowest BCUT2D eigenvalue weighted by molar-refractivity contribution is 0.279. The number of hydrogen-bond acceptors (Lipinski definition) is 4. The molecule has 0 unspecified atom stereocenters. The molecule has 2 N–H and O–H groups in total. The first-order valence-corrected chi connectivity index (χ1v) is 4.69. The van der Waals surface area contributed by atoms with E-state index in [1.54, 1.807) is 0 Å². The van der Waals surface area contributed by atoms with Crippen molar-refractivity contribution in [1.82, 2.24) is 14.8 Å². The Morgan fingerprint density at radius 3 is 3.13 bits per heavy atom. The Morgan fingerprint density at radius 1 is 1.40 bits per heavy atom. The van der Waals surface area contributed by atoms with Crippen molar-refractivity contribution in [3.05, 3.63) is 29.8 Å². The number of benzene rings is 1. The van der Waals surface area contributed by atoms with Gasteiger partial charge in [-0.25, -0.2) is 0 Å². The second kappa shape index (κ2) is 2.73. The number of rotatable bonds is 0. The van der Waals surface area contributed by atoms with Gasteiger partial charge >= 0.3 is 0 Å². The fourth-order valence-corrected chi connectivity index (χ4v) is 1.79. The summed E-state index contributed by atoms with van der Waals surface area (Å²) >= 11 is 0. The summed E-state index contributed by atoms with van der Waals surface area (Å²) in [5.41, 5.74) is 7.34. The van der Waals surface area contributed by atoms with Crippen LogP contribution in [0.2, 0.25) is 0 Å². The second-order valence-electron chi connectivity index (χ2n) is 3.51. The molecule has 2 heterocycles. The molecule has 1 aromatic carbocycles. The van der Waals surface area contributed by atoms with E-state index >= 15 is 0 Å². The standard InChI is InChI=1S/C10H10N4O/c1-6-12-13-10-5-15-9-4-7(11)2-3-8(9)14(6)10/h2-4H,5,11H2,1H3. The van der Waals surface area contributed by atoms with Crippen LogP contribution in [-0.4, -0.2) is 14.8 Å². The van der Waals surface area contributed by atoms with Crippen LogP contribution in [0, 0.1) is 6.92 Å². The third-order valence-electron chi connectivity index (χ3n) is 2.47. The maximum atomic E-state index is 5.69. The highest BCUT2D eigenvalue weighted by atomic mass is 16.5. The molecule has 1 aliphatic rings. The molecule has 0 amide bonds. The summed E-state index contributed by atoms with van der Waals surface area (Å²) in [5, 5.41) is 8.06. The predicted octanol–water partition coefficient (Wildman–Crippen LogP) is 1.05. The van der Waals surface area contributed by atoms with Gasteiger partial charge in [0.05, 0.1) is 5.69 Å². The number of aryl methyl sites for hydroxylation is 1. The molecule has 5 nitrogen and oxygen atoms in total. The molecular weight excluding hydrogens is 192 g/mol. The van der Waals surface area contributed by atoms with Gasteiger partial charge in [0.15, 0.2) is 5.82 Å². The second-order valence-corrected chi connectivity index (χ2v) is 3.51. The topological polar surface area (TPSA) is 66.0 Å². The molecule has 1 aliphatic heterocycles. The minimum absolute atomic E-state index is 0.442. The largest absolute Gasteiger partial charge is 0.483 e. The van der Waals surface area contributed by atoms with Gasteiger partial charge in [0.25, 0.3) is 0 Å². The lowest BCUT2D eigenvalue weighted by Gasteiger charge is -2.19. The summed E-state index contributed by atoms with van der Waals surface area (Å²) in [6, 6.07) is 5.58. The summed E-state index contributed by atoms with van der Waals surface area (Å²) in [5.74, 6) is 2.47. The van der Waals surface area contributed by atoms with E-state index in [-0.39, 0.29) is 0 Å². The molecule has 0 saturated heterocycles. The van der Waals surface area contributed by atoms with Crippen LogP contribution in [0.1, 0.15) is 11.6 Å². The molecule has 5 heteroatoms. The first-order chi connectivity index (χ1) is 7.25. The number of ether oxygens (including phenoxy) is 1. The number of anilines is 1. The van der Waals surface area contributed by atoms with Gasteiger partial charge in [0.2, 0.25) is 0 Å². The van der Waals surface area contributed by atoms with Crippen LogP contribution in [0.3, 0.4) is 0 Å². The van der Waals surface area contributed by atoms with Gasteiger partial charge in [-0.1, -0.05) is 0 Å². The molecule has 0 atom stereocenters. The van der Waals surface area contributed by atoms with Crippen molar-refractivity contribution in [3.63, 3.8) is 0 Å². The van der Waals surface area contributed by atoms with Crippen molar-refractivity contribution in [3.8, 4) is 11.4 Å². The van der Waals surface area contributed by atoms with Gasteiger partial charge in [-0.3, -0.25) is 4.57 Å². The molecule has 15 heavy (non-hydrogen) atoms. The minimum Gasteiger partial charge on any atom is -0.483 e. The fourth-order valence-electron chi connectivity index (χ4n) is 1.79. The molecule has 0 bridgehead atoms. The summed E-state index contributed by atoms with van der Waals surface area (Å²) < 4.78 is 7.53. The average Bonchev–Trinajstić information content (AvgIpc) is 2.60. The molecule has 0 aliphatic carbocycles. The number of aromatic nitrogens is 3. The van der Waals surface area contributed by atoms with Gasteiger partial charge in [-0.05, 0) is 19.1 Å². The molecule has 0 spiro atoms. The van der Waals surface area contributed by atoms with E-state index in [1.165, 1.54) is 0 Å². The van der Waals surface area contributed by atoms with Crippen molar-refractivity contribution >= 4 is 5.69 Å². The van der Waals surface area contributed by atoms with Gasteiger partial charge in [0, 0.05) is 11.8 Å². The Bertz CT molecular complexity index is 532. The lowest BCUT2D eigenvalue weighted by Crippen LogP contribution is -2.14. The smallest absolute Gasteiger partial charge is 0.175 e. The van der Waals surface area contributed by atoms with Crippen LogP contribution in [0.5, 0.6) is 5.75 Å². The molecule has 0 fully saturated rings. The number of nitrogens with zero attached hydrogens (tertiary/aromatic N) is 3. The van der Waals surface area contributed by atoms with Crippen molar-refractivity contribution in [2.45, 2.75) is 13.5 Å². The molecular formula is C10H10N4O. The van der Waals surface area contributed by atoms with Crippen LogP contribution >= 0.6 is 0 Å². The zero-order valence-corrected chi connectivity index (χ0v) is 8.27. The van der Waals surface area contributed by atoms with Crippen LogP contribution in [0.25, 0.3) is 5.69 Å². The normalized spacial score (nSPS) is 12.9. The van der Waals surface area contributed by atoms with Crippen LogP contribution in [0.4, 0.5) is 5.69 Å². The van der Waals surface area contributed by atoms with Crippen molar-refractivity contribution in [1.29, 1.82) is 0 Å². The predicted molar refractivity (Wildman–Crippen MR) is 54.8 cm³/mol. The number of nitrogens with two attached hydrogens (primary N) is 1. The maximum absolute atomic E-state index is 5.69. The van der Waals surface area contributed by atoms with Gasteiger partial charge in [-0.15, -0.1) is 10.2 Å². The van der Waals surface area contributed by atoms with Gasteiger partial charge in [-0.2, -0.15) is 0 Å². The number of fused-ring (bicyclic) bond motifs is 3. The highest BCUT2D eigenvalue weighted by Crippen LogP contribution is 2.31. The van der Waals surface area contributed by atoms with E-state index in [0.29, 0.717) is 12.3 Å². The SMILES string of the molecule is Cc1nnc2n1-c1ccc(N)cc1OC2. The fraction of sp³-hybridized carbons (Fsp3) is 0.200. The van der Waals surface area contributed by atoms with E-state index in [0.717, 1.165) is 23.1 Å². The maximum Gasteiger partial charge on any atom is 0.175 e. The number of hydrogen-bond donors (Lipinski definition) is 1. The third-order valence-corrected chi connectivity index (χ3v) is 2.47. The molecule has 0 radical (unpaired) electrons. The van der Waals surface area contributed by atoms with Crippen molar-refractivity contribution < 1.29 is 4.74 Å². The quantitative estimate of drug-likeness (QED) is 0.648. The van der Waals surface area contributed by atoms with E-state index in [9.17, 15) is 0 Å². The van der Waals surface area contributed by atoms with Gasteiger partial charge < -0.3 is 10.5 Å². The van der Waals surface area contributed by atoms with Crippen LogP contribution in [0.15, 0.2) is 18.2 Å².